The second kappa shape index (κ2) is 5.03. The molecule has 0 saturated heterocycles. The lowest BCUT2D eigenvalue weighted by atomic mass is 9.97. The highest BCUT2D eigenvalue weighted by molar-refractivity contribution is 5.32. The van der Waals surface area contributed by atoms with Gasteiger partial charge in [-0.3, -0.25) is 0 Å². The summed E-state index contributed by atoms with van der Waals surface area (Å²) < 4.78 is 5.38. The summed E-state index contributed by atoms with van der Waals surface area (Å²) in [6.07, 6.45) is 0. The van der Waals surface area contributed by atoms with Gasteiger partial charge in [0.1, 0.15) is 0 Å². The Kier molecular flexibility index (Phi) is 3.97. The third kappa shape index (κ3) is 2.85. The van der Waals surface area contributed by atoms with E-state index < -0.39 is 0 Å². The van der Waals surface area contributed by atoms with Crippen molar-refractivity contribution in [3.63, 3.8) is 0 Å². The summed E-state index contributed by atoms with van der Waals surface area (Å²) in [5.41, 5.74) is 2.39. The third-order valence-electron chi connectivity index (χ3n) is 2.16. The van der Waals surface area contributed by atoms with E-state index in [9.17, 15) is 0 Å². The van der Waals surface area contributed by atoms with Crippen molar-refractivity contribution >= 4 is 0 Å². The van der Waals surface area contributed by atoms with Crippen LogP contribution in [0.2, 0.25) is 0 Å². The lowest BCUT2D eigenvalue weighted by Crippen LogP contribution is -2.05. The molecule has 1 radical (unpaired) electrons. The molecule has 0 saturated carbocycles. The molecule has 0 aliphatic rings. The number of hydrogen-bond donors (Lipinski definition) is 0. The van der Waals surface area contributed by atoms with Gasteiger partial charge in [-0.1, -0.05) is 31.2 Å². The molecule has 1 rings (SSSR count). The average Bonchev–Trinajstić information content (AvgIpc) is 2.15. The van der Waals surface area contributed by atoms with Crippen LogP contribution in [-0.2, 0) is 4.74 Å². The fourth-order valence-corrected chi connectivity index (χ4v) is 1.40. The van der Waals surface area contributed by atoms with Crippen LogP contribution in [0.3, 0.4) is 0 Å². The maximum absolute atomic E-state index is 5.38. The van der Waals surface area contributed by atoms with Gasteiger partial charge in [0, 0.05) is 12.5 Å². The smallest absolute Gasteiger partial charge is 0.0532 e. The molecule has 71 valence electrons. The molecule has 0 aliphatic heterocycles. The van der Waals surface area contributed by atoms with Crippen molar-refractivity contribution in [2.24, 2.45) is 0 Å². The van der Waals surface area contributed by atoms with Gasteiger partial charge >= 0.3 is 0 Å². The Labute approximate surface area is 80.7 Å². The first-order chi connectivity index (χ1) is 6.25. The SMILES string of the molecule is [CH2]c1ccccc1C(C)COCC. The maximum Gasteiger partial charge on any atom is 0.0532 e. The molecule has 0 N–H and O–H groups in total. The van der Waals surface area contributed by atoms with Gasteiger partial charge in [0.05, 0.1) is 6.61 Å². The first-order valence-electron chi connectivity index (χ1n) is 4.74. The molecule has 1 heteroatoms. The molecular formula is C12H17O. The number of benzene rings is 1. The molecule has 1 aromatic carbocycles. The zero-order valence-corrected chi connectivity index (χ0v) is 8.42. The van der Waals surface area contributed by atoms with Gasteiger partial charge in [0.15, 0.2) is 0 Å². The molecule has 1 unspecified atom stereocenters. The van der Waals surface area contributed by atoms with Crippen LogP contribution < -0.4 is 0 Å². The van der Waals surface area contributed by atoms with Crippen molar-refractivity contribution in [2.75, 3.05) is 13.2 Å². The van der Waals surface area contributed by atoms with Crippen LogP contribution in [0.1, 0.15) is 30.9 Å². The van der Waals surface area contributed by atoms with E-state index in [0.717, 1.165) is 18.8 Å². The Morgan fingerprint density at radius 1 is 1.38 bits per heavy atom. The minimum atomic E-state index is 0.439. The minimum absolute atomic E-state index is 0.439. The van der Waals surface area contributed by atoms with E-state index in [1.807, 2.05) is 25.1 Å². The van der Waals surface area contributed by atoms with Crippen molar-refractivity contribution in [2.45, 2.75) is 19.8 Å². The fourth-order valence-electron chi connectivity index (χ4n) is 1.40. The van der Waals surface area contributed by atoms with Crippen molar-refractivity contribution in [3.8, 4) is 0 Å². The van der Waals surface area contributed by atoms with Crippen molar-refractivity contribution in [1.82, 2.24) is 0 Å². The fraction of sp³-hybridized carbons (Fsp3) is 0.417. The maximum atomic E-state index is 5.38. The molecular weight excluding hydrogens is 160 g/mol. The highest BCUT2D eigenvalue weighted by Crippen LogP contribution is 2.18. The largest absolute Gasteiger partial charge is 0.381 e. The molecule has 1 atom stereocenters. The predicted octanol–water partition coefficient (Wildman–Crippen LogP) is 3.01. The molecule has 13 heavy (non-hydrogen) atoms. The number of rotatable bonds is 4. The van der Waals surface area contributed by atoms with Gasteiger partial charge in [-0.05, 0) is 25.0 Å². The standard InChI is InChI=1S/C12H17O/c1-4-13-9-11(3)12-8-6-5-7-10(12)2/h5-8,11H,2,4,9H2,1,3H3. The number of hydrogen-bond acceptors (Lipinski definition) is 1. The van der Waals surface area contributed by atoms with Crippen LogP contribution in [0.15, 0.2) is 24.3 Å². The Morgan fingerprint density at radius 2 is 2.08 bits per heavy atom. The van der Waals surface area contributed by atoms with Crippen LogP contribution in [0.5, 0.6) is 0 Å². The molecule has 1 nitrogen and oxygen atoms in total. The predicted molar refractivity (Wildman–Crippen MR) is 55.8 cm³/mol. The van der Waals surface area contributed by atoms with Crippen molar-refractivity contribution in [3.05, 3.63) is 42.3 Å². The first-order valence-corrected chi connectivity index (χ1v) is 4.74. The second-order valence-corrected chi connectivity index (χ2v) is 3.26. The zero-order valence-electron chi connectivity index (χ0n) is 8.42. The van der Waals surface area contributed by atoms with E-state index in [1.54, 1.807) is 0 Å². The molecule has 0 fully saturated rings. The Hall–Kier alpha value is -0.820. The molecule has 0 spiro atoms. The van der Waals surface area contributed by atoms with Crippen molar-refractivity contribution in [1.29, 1.82) is 0 Å². The third-order valence-corrected chi connectivity index (χ3v) is 2.16. The van der Waals surface area contributed by atoms with Gasteiger partial charge in [0.25, 0.3) is 0 Å². The van der Waals surface area contributed by atoms with E-state index in [2.05, 4.69) is 19.9 Å². The summed E-state index contributed by atoms with van der Waals surface area (Å²) in [5.74, 6) is 0.439. The van der Waals surface area contributed by atoms with Crippen LogP contribution in [0.4, 0.5) is 0 Å². The summed E-state index contributed by atoms with van der Waals surface area (Å²) in [6, 6.07) is 8.22. The van der Waals surface area contributed by atoms with E-state index in [-0.39, 0.29) is 0 Å². The van der Waals surface area contributed by atoms with E-state index >= 15 is 0 Å². The van der Waals surface area contributed by atoms with Crippen LogP contribution in [-0.4, -0.2) is 13.2 Å². The minimum Gasteiger partial charge on any atom is -0.381 e. The molecule has 0 heterocycles. The van der Waals surface area contributed by atoms with Gasteiger partial charge in [-0.25, -0.2) is 0 Å². The summed E-state index contributed by atoms with van der Waals surface area (Å²) in [4.78, 5) is 0. The average molecular weight is 177 g/mol. The highest BCUT2D eigenvalue weighted by Gasteiger charge is 2.06. The Bertz CT molecular complexity index is 255. The molecule has 0 bridgehead atoms. The Morgan fingerprint density at radius 3 is 2.69 bits per heavy atom. The Balaban J connectivity index is 2.65. The second-order valence-electron chi connectivity index (χ2n) is 3.26. The van der Waals surface area contributed by atoms with Crippen LogP contribution in [0, 0.1) is 6.92 Å². The lowest BCUT2D eigenvalue weighted by Gasteiger charge is -2.13. The summed E-state index contributed by atoms with van der Waals surface area (Å²) in [6.45, 7) is 9.74. The monoisotopic (exact) mass is 177 g/mol. The molecule has 0 amide bonds. The summed E-state index contributed by atoms with van der Waals surface area (Å²) in [7, 11) is 0. The van der Waals surface area contributed by atoms with Gasteiger partial charge in [-0.15, -0.1) is 0 Å². The van der Waals surface area contributed by atoms with Crippen LogP contribution in [0.25, 0.3) is 0 Å². The first kappa shape index (κ1) is 10.3. The molecule has 1 aromatic rings. The quantitative estimate of drug-likeness (QED) is 0.687. The zero-order chi connectivity index (χ0) is 9.68. The van der Waals surface area contributed by atoms with E-state index in [4.69, 9.17) is 4.74 Å². The highest BCUT2D eigenvalue weighted by atomic mass is 16.5. The summed E-state index contributed by atoms with van der Waals surface area (Å²) >= 11 is 0. The lowest BCUT2D eigenvalue weighted by molar-refractivity contribution is 0.136. The number of ether oxygens (including phenoxy) is 1. The topological polar surface area (TPSA) is 9.23 Å². The molecule has 0 aromatic heterocycles. The summed E-state index contributed by atoms with van der Waals surface area (Å²) in [5, 5.41) is 0. The van der Waals surface area contributed by atoms with Gasteiger partial charge in [0.2, 0.25) is 0 Å². The normalized spacial score (nSPS) is 12.8. The van der Waals surface area contributed by atoms with Crippen LogP contribution >= 0.6 is 0 Å². The molecule has 0 aliphatic carbocycles. The van der Waals surface area contributed by atoms with E-state index in [0.29, 0.717) is 5.92 Å². The van der Waals surface area contributed by atoms with Gasteiger partial charge < -0.3 is 4.74 Å². The van der Waals surface area contributed by atoms with Gasteiger partial charge in [-0.2, -0.15) is 0 Å². The van der Waals surface area contributed by atoms with Crippen molar-refractivity contribution < 1.29 is 4.74 Å². The van der Waals surface area contributed by atoms with E-state index in [1.165, 1.54) is 5.56 Å².